The van der Waals surface area contributed by atoms with E-state index in [1.807, 2.05) is 26.0 Å². The number of ketones is 2. The van der Waals surface area contributed by atoms with E-state index < -0.39 is 0 Å². The smallest absolute Gasteiger partial charge is 0.224 e. The molecular weight excluding hydrogens is 380 g/mol. The van der Waals surface area contributed by atoms with Gasteiger partial charge >= 0.3 is 0 Å². The van der Waals surface area contributed by atoms with Crippen molar-refractivity contribution in [2.75, 3.05) is 11.9 Å². The fraction of sp³-hybridized carbons (Fsp3) is 0.583. The van der Waals surface area contributed by atoms with Crippen LogP contribution >= 0.6 is 0 Å². The van der Waals surface area contributed by atoms with Gasteiger partial charge in [-0.1, -0.05) is 45.7 Å². The van der Waals surface area contributed by atoms with Gasteiger partial charge in [0.05, 0.1) is 6.42 Å². The summed E-state index contributed by atoms with van der Waals surface area (Å²) >= 11 is 0. The van der Waals surface area contributed by atoms with E-state index in [9.17, 15) is 19.2 Å². The van der Waals surface area contributed by atoms with Crippen LogP contribution in [0.15, 0.2) is 24.3 Å². The first-order valence-electron chi connectivity index (χ1n) is 11.1. The van der Waals surface area contributed by atoms with E-state index in [0.717, 1.165) is 24.8 Å². The summed E-state index contributed by atoms with van der Waals surface area (Å²) in [6, 6.07) is 7.31. The van der Waals surface area contributed by atoms with E-state index in [2.05, 4.69) is 17.6 Å². The first kappa shape index (κ1) is 27.5. The molecule has 0 aliphatic rings. The van der Waals surface area contributed by atoms with Gasteiger partial charge in [0.25, 0.3) is 0 Å². The van der Waals surface area contributed by atoms with Crippen molar-refractivity contribution >= 4 is 29.1 Å². The number of hydrogen-bond acceptors (Lipinski definition) is 4. The predicted molar refractivity (Wildman–Crippen MR) is 121 cm³/mol. The van der Waals surface area contributed by atoms with Crippen LogP contribution < -0.4 is 10.6 Å². The molecule has 6 nitrogen and oxygen atoms in total. The molecule has 0 radical (unpaired) electrons. The van der Waals surface area contributed by atoms with Crippen LogP contribution in [0.4, 0.5) is 5.69 Å². The standard InChI is InChI=1S/C22H32N2O4.C2H6/c1-3-4-5-15-23-21(27)7-6-8-22(28)24-19-12-9-18(10-13-19)11-14-20(26)16-17(2)25;1-2/h9-10,12-13H,3-8,11,14-16H2,1-2H3,(H,23,27)(H,24,28);1-2H3. The highest BCUT2D eigenvalue weighted by Gasteiger charge is 2.07. The van der Waals surface area contributed by atoms with Crippen LogP contribution in [-0.2, 0) is 25.6 Å². The van der Waals surface area contributed by atoms with Gasteiger partial charge in [0.2, 0.25) is 11.8 Å². The number of Topliss-reactive ketones (excluding diaryl/α,β-unsaturated/α-hetero) is 2. The number of hydrogen-bond donors (Lipinski definition) is 2. The highest BCUT2D eigenvalue weighted by Crippen LogP contribution is 2.12. The molecule has 0 aliphatic heterocycles. The first-order valence-corrected chi connectivity index (χ1v) is 11.1. The Morgan fingerprint density at radius 3 is 2.07 bits per heavy atom. The summed E-state index contributed by atoms with van der Waals surface area (Å²) in [6.45, 7) is 8.23. The fourth-order valence-electron chi connectivity index (χ4n) is 2.73. The molecular formula is C24H38N2O4. The zero-order chi connectivity index (χ0) is 22.8. The van der Waals surface area contributed by atoms with Gasteiger partial charge in [-0.2, -0.15) is 0 Å². The lowest BCUT2D eigenvalue weighted by Gasteiger charge is -2.07. The molecule has 2 amide bonds. The van der Waals surface area contributed by atoms with Gasteiger partial charge in [0.15, 0.2) is 0 Å². The van der Waals surface area contributed by atoms with Crippen LogP contribution in [0.1, 0.15) is 84.6 Å². The van der Waals surface area contributed by atoms with Crippen LogP contribution in [0.5, 0.6) is 0 Å². The molecule has 0 saturated heterocycles. The molecule has 1 aromatic rings. The van der Waals surface area contributed by atoms with E-state index in [1.54, 1.807) is 12.1 Å². The molecule has 1 rings (SSSR count). The molecule has 0 heterocycles. The minimum atomic E-state index is -0.122. The lowest BCUT2D eigenvalue weighted by Crippen LogP contribution is -2.24. The lowest BCUT2D eigenvalue weighted by molar-refractivity contribution is -0.126. The summed E-state index contributed by atoms with van der Waals surface area (Å²) in [5.41, 5.74) is 1.67. The van der Waals surface area contributed by atoms with Gasteiger partial charge in [-0.05, 0) is 43.9 Å². The number of unbranched alkanes of at least 4 members (excludes halogenated alkanes) is 2. The van der Waals surface area contributed by atoms with Gasteiger partial charge in [-0.15, -0.1) is 0 Å². The number of carbonyl (C=O) groups is 4. The van der Waals surface area contributed by atoms with Crippen molar-refractivity contribution in [2.24, 2.45) is 0 Å². The molecule has 0 aliphatic carbocycles. The Balaban J connectivity index is 0.00000407. The number of carbonyl (C=O) groups excluding carboxylic acids is 4. The third-order valence-corrected chi connectivity index (χ3v) is 4.29. The maximum Gasteiger partial charge on any atom is 0.224 e. The van der Waals surface area contributed by atoms with Gasteiger partial charge in [-0.3, -0.25) is 19.2 Å². The van der Waals surface area contributed by atoms with E-state index in [0.29, 0.717) is 44.3 Å². The van der Waals surface area contributed by atoms with Gasteiger partial charge in [0.1, 0.15) is 11.6 Å². The van der Waals surface area contributed by atoms with Crippen LogP contribution in [0.3, 0.4) is 0 Å². The number of amides is 2. The zero-order valence-electron chi connectivity index (χ0n) is 19.0. The third kappa shape index (κ3) is 14.5. The van der Waals surface area contributed by atoms with Crippen molar-refractivity contribution in [3.05, 3.63) is 29.8 Å². The Morgan fingerprint density at radius 1 is 0.833 bits per heavy atom. The number of aryl methyl sites for hydroxylation is 1. The normalized spacial score (nSPS) is 9.87. The van der Waals surface area contributed by atoms with Crippen LogP contribution in [0.2, 0.25) is 0 Å². The second kappa shape index (κ2) is 17.4. The minimum absolute atomic E-state index is 0.00687. The third-order valence-electron chi connectivity index (χ3n) is 4.29. The Bertz CT molecular complexity index is 654. The van der Waals surface area contributed by atoms with Crippen molar-refractivity contribution in [2.45, 2.75) is 85.5 Å². The summed E-state index contributed by atoms with van der Waals surface area (Å²) in [6.07, 6.45) is 5.29. The van der Waals surface area contributed by atoms with Gasteiger partial charge in [0, 0.05) is 31.5 Å². The van der Waals surface area contributed by atoms with Gasteiger partial charge < -0.3 is 10.6 Å². The summed E-state index contributed by atoms with van der Waals surface area (Å²) in [4.78, 5) is 46.1. The summed E-state index contributed by atoms with van der Waals surface area (Å²) in [5, 5.41) is 5.68. The second-order valence-electron chi connectivity index (χ2n) is 7.07. The summed E-state index contributed by atoms with van der Waals surface area (Å²) < 4.78 is 0. The van der Waals surface area contributed by atoms with Crippen LogP contribution in [0, 0.1) is 0 Å². The molecule has 0 atom stereocenters. The Labute approximate surface area is 181 Å². The zero-order valence-corrected chi connectivity index (χ0v) is 19.0. The summed E-state index contributed by atoms with van der Waals surface area (Å²) in [5.74, 6) is -0.299. The molecule has 0 fully saturated rings. The number of rotatable bonds is 14. The van der Waals surface area contributed by atoms with E-state index >= 15 is 0 Å². The molecule has 6 heteroatoms. The van der Waals surface area contributed by atoms with E-state index in [4.69, 9.17) is 0 Å². The largest absolute Gasteiger partial charge is 0.356 e. The molecule has 0 saturated carbocycles. The van der Waals surface area contributed by atoms with Crippen LogP contribution in [0.25, 0.3) is 0 Å². The van der Waals surface area contributed by atoms with E-state index in [-0.39, 0.29) is 29.8 Å². The molecule has 168 valence electrons. The monoisotopic (exact) mass is 418 g/mol. The average molecular weight is 419 g/mol. The van der Waals surface area contributed by atoms with Crippen molar-refractivity contribution in [1.82, 2.24) is 5.32 Å². The SMILES string of the molecule is CC.CCCCCNC(=O)CCCC(=O)Nc1ccc(CCC(=O)CC(C)=O)cc1. The fourth-order valence-corrected chi connectivity index (χ4v) is 2.73. The predicted octanol–water partition coefficient (Wildman–Crippen LogP) is 4.61. The molecule has 1 aromatic carbocycles. The van der Waals surface area contributed by atoms with Crippen molar-refractivity contribution < 1.29 is 19.2 Å². The van der Waals surface area contributed by atoms with Crippen molar-refractivity contribution in [1.29, 1.82) is 0 Å². The minimum Gasteiger partial charge on any atom is -0.356 e. The maximum atomic E-state index is 12.0. The maximum absolute atomic E-state index is 12.0. The number of benzene rings is 1. The quantitative estimate of drug-likeness (QED) is 0.341. The second-order valence-corrected chi connectivity index (χ2v) is 7.07. The highest BCUT2D eigenvalue weighted by molar-refractivity contribution is 5.98. The molecule has 30 heavy (non-hydrogen) atoms. The van der Waals surface area contributed by atoms with Gasteiger partial charge in [-0.25, -0.2) is 0 Å². The van der Waals surface area contributed by atoms with Crippen molar-refractivity contribution in [3.63, 3.8) is 0 Å². The molecule has 2 N–H and O–H groups in total. The average Bonchev–Trinajstić information content (AvgIpc) is 2.72. The Hall–Kier alpha value is -2.50. The highest BCUT2D eigenvalue weighted by atomic mass is 16.2. The van der Waals surface area contributed by atoms with Crippen molar-refractivity contribution in [3.8, 4) is 0 Å². The van der Waals surface area contributed by atoms with Crippen LogP contribution in [-0.4, -0.2) is 29.9 Å². The summed E-state index contributed by atoms with van der Waals surface area (Å²) in [7, 11) is 0. The molecule has 0 spiro atoms. The molecule has 0 aromatic heterocycles. The lowest BCUT2D eigenvalue weighted by atomic mass is 10.0. The number of anilines is 1. The number of nitrogens with one attached hydrogen (secondary N) is 2. The first-order chi connectivity index (χ1) is 14.4. The Kier molecular flexibility index (Phi) is 15.9. The molecule has 0 bridgehead atoms. The Morgan fingerprint density at radius 2 is 1.47 bits per heavy atom. The van der Waals surface area contributed by atoms with E-state index in [1.165, 1.54) is 6.92 Å². The topological polar surface area (TPSA) is 92.3 Å². The molecule has 0 unspecified atom stereocenters.